The third kappa shape index (κ3) is 5.92. The highest BCUT2D eigenvalue weighted by atomic mass is 16.5. The quantitative estimate of drug-likeness (QED) is 0.577. The van der Waals surface area contributed by atoms with Gasteiger partial charge in [-0.2, -0.15) is 0 Å². The fraction of sp³-hybridized carbons (Fsp3) is 0.571. The van der Waals surface area contributed by atoms with Gasteiger partial charge in [-0.15, -0.1) is 0 Å². The van der Waals surface area contributed by atoms with Crippen LogP contribution in [0.15, 0.2) is 18.2 Å². The summed E-state index contributed by atoms with van der Waals surface area (Å²) in [7, 11) is 3.26. The normalized spacial score (nSPS) is 12.2. The van der Waals surface area contributed by atoms with Gasteiger partial charge >= 0.3 is 0 Å². The van der Waals surface area contributed by atoms with E-state index < -0.39 is 0 Å². The monoisotopic (exact) mass is 268 g/mol. The van der Waals surface area contributed by atoms with E-state index in [-0.39, 0.29) is 6.10 Å². The van der Waals surface area contributed by atoms with E-state index in [0.717, 1.165) is 36.7 Å². The number of aliphatic hydroxyl groups is 1. The Morgan fingerprint density at radius 3 is 2.42 bits per heavy atom. The fourth-order valence-corrected chi connectivity index (χ4v) is 1.71. The summed E-state index contributed by atoms with van der Waals surface area (Å²) in [5, 5.41) is 15.6. The van der Waals surface area contributed by atoms with Crippen molar-refractivity contribution in [3.05, 3.63) is 23.8 Å². The third-order valence-electron chi connectivity index (χ3n) is 2.70. The molecule has 0 saturated carbocycles. The highest BCUT2D eigenvalue weighted by Gasteiger charge is 2.03. The molecule has 0 aliphatic carbocycles. The number of nitrogens with one attached hydrogen (secondary N) is 2. The standard InChI is InChI=1S/C14H24N2O3/c1-11(17)9-15-6-7-16-10-12-4-5-13(18-2)14(8-12)19-3/h4-5,8,11,15-17H,6-7,9-10H2,1-3H3/t11-/m1/s1. The summed E-state index contributed by atoms with van der Waals surface area (Å²) >= 11 is 0. The molecule has 0 aliphatic heterocycles. The molecule has 1 rings (SSSR count). The number of aliphatic hydroxyl groups excluding tert-OH is 1. The van der Waals surface area contributed by atoms with Crippen molar-refractivity contribution in [1.82, 2.24) is 10.6 Å². The average molecular weight is 268 g/mol. The Labute approximate surface area is 114 Å². The van der Waals surface area contributed by atoms with Crippen molar-refractivity contribution >= 4 is 0 Å². The minimum atomic E-state index is -0.300. The second kappa shape index (κ2) is 8.74. The maximum absolute atomic E-state index is 9.09. The molecule has 0 aliphatic rings. The van der Waals surface area contributed by atoms with Gasteiger partial charge in [-0.1, -0.05) is 6.07 Å². The van der Waals surface area contributed by atoms with Crippen LogP contribution >= 0.6 is 0 Å². The van der Waals surface area contributed by atoms with Crippen LogP contribution in [0.25, 0.3) is 0 Å². The van der Waals surface area contributed by atoms with Crippen molar-refractivity contribution in [2.45, 2.75) is 19.6 Å². The van der Waals surface area contributed by atoms with Gasteiger partial charge in [0.15, 0.2) is 11.5 Å². The second-order valence-corrected chi connectivity index (χ2v) is 4.42. The van der Waals surface area contributed by atoms with Crippen LogP contribution in [-0.2, 0) is 6.54 Å². The summed E-state index contributed by atoms with van der Waals surface area (Å²) in [6, 6.07) is 5.88. The van der Waals surface area contributed by atoms with E-state index in [9.17, 15) is 0 Å². The van der Waals surface area contributed by atoms with Gasteiger partial charge in [0.2, 0.25) is 0 Å². The van der Waals surface area contributed by atoms with Crippen LogP contribution in [0.3, 0.4) is 0 Å². The van der Waals surface area contributed by atoms with Crippen molar-refractivity contribution in [2.24, 2.45) is 0 Å². The molecule has 0 bridgehead atoms. The summed E-state index contributed by atoms with van der Waals surface area (Å²) in [6.45, 7) is 4.85. The molecule has 108 valence electrons. The Kier molecular flexibility index (Phi) is 7.25. The molecule has 1 aromatic rings. The molecule has 5 nitrogen and oxygen atoms in total. The van der Waals surface area contributed by atoms with E-state index in [1.807, 2.05) is 18.2 Å². The Hall–Kier alpha value is -1.30. The Balaban J connectivity index is 2.29. The first kappa shape index (κ1) is 15.8. The number of rotatable bonds is 9. The molecule has 0 unspecified atom stereocenters. The zero-order valence-corrected chi connectivity index (χ0v) is 11.9. The smallest absolute Gasteiger partial charge is 0.161 e. The van der Waals surface area contributed by atoms with Crippen molar-refractivity contribution in [1.29, 1.82) is 0 Å². The van der Waals surface area contributed by atoms with Crippen LogP contribution in [0.2, 0.25) is 0 Å². The lowest BCUT2D eigenvalue weighted by molar-refractivity contribution is 0.191. The first-order valence-electron chi connectivity index (χ1n) is 6.47. The topological polar surface area (TPSA) is 62.8 Å². The number of methoxy groups -OCH3 is 2. The largest absolute Gasteiger partial charge is 0.493 e. The van der Waals surface area contributed by atoms with Gasteiger partial charge in [-0.25, -0.2) is 0 Å². The SMILES string of the molecule is COc1ccc(CNCCNC[C@@H](C)O)cc1OC. The zero-order chi connectivity index (χ0) is 14.1. The summed E-state index contributed by atoms with van der Waals surface area (Å²) in [5.41, 5.74) is 1.15. The summed E-state index contributed by atoms with van der Waals surface area (Å²) in [4.78, 5) is 0. The van der Waals surface area contributed by atoms with Crippen LogP contribution in [0.1, 0.15) is 12.5 Å². The predicted molar refractivity (Wildman–Crippen MR) is 75.8 cm³/mol. The number of hydrogen-bond acceptors (Lipinski definition) is 5. The summed E-state index contributed by atoms with van der Waals surface area (Å²) < 4.78 is 10.4. The van der Waals surface area contributed by atoms with Crippen LogP contribution in [-0.4, -0.2) is 45.1 Å². The third-order valence-corrected chi connectivity index (χ3v) is 2.70. The molecule has 0 saturated heterocycles. The van der Waals surface area contributed by atoms with Gasteiger partial charge in [-0.05, 0) is 24.6 Å². The highest BCUT2D eigenvalue weighted by molar-refractivity contribution is 5.42. The Morgan fingerprint density at radius 1 is 1.11 bits per heavy atom. The molecule has 0 heterocycles. The fourth-order valence-electron chi connectivity index (χ4n) is 1.71. The van der Waals surface area contributed by atoms with E-state index in [0.29, 0.717) is 6.54 Å². The molecule has 19 heavy (non-hydrogen) atoms. The zero-order valence-electron chi connectivity index (χ0n) is 11.9. The molecule has 1 atom stereocenters. The lowest BCUT2D eigenvalue weighted by Gasteiger charge is -2.11. The molecular weight excluding hydrogens is 244 g/mol. The number of benzene rings is 1. The number of hydrogen-bond donors (Lipinski definition) is 3. The van der Waals surface area contributed by atoms with Gasteiger partial charge in [0.1, 0.15) is 0 Å². The lowest BCUT2D eigenvalue weighted by Crippen LogP contribution is -2.31. The molecule has 0 fully saturated rings. The van der Waals surface area contributed by atoms with E-state index >= 15 is 0 Å². The molecule has 3 N–H and O–H groups in total. The van der Waals surface area contributed by atoms with Crippen molar-refractivity contribution in [3.8, 4) is 11.5 Å². The van der Waals surface area contributed by atoms with Gasteiger partial charge in [0.25, 0.3) is 0 Å². The van der Waals surface area contributed by atoms with Crippen LogP contribution in [0, 0.1) is 0 Å². The minimum absolute atomic E-state index is 0.300. The first-order chi connectivity index (χ1) is 9.17. The molecule has 0 amide bonds. The van der Waals surface area contributed by atoms with Gasteiger partial charge in [0.05, 0.1) is 20.3 Å². The molecule has 5 heteroatoms. The summed E-state index contributed by atoms with van der Waals surface area (Å²) in [6.07, 6.45) is -0.300. The van der Waals surface area contributed by atoms with Gasteiger partial charge in [0, 0.05) is 26.2 Å². The predicted octanol–water partition coefficient (Wildman–Crippen LogP) is 0.764. The Morgan fingerprint density at radius 2 is 1.79 bits per heavy atom. The molecule has 0 spiro atoms. The van der Waals surface area contributed by atoms with Crippen LogP contribution in [0.5, 0.6) is 11.5 Å². The van der Waals surface area contributed by atoms with Crippen molar-refractivity contribution in [3.63, 3.8) is 0 Å². The molecule has 0 radical (unpaired) electrons. The van der Waals surface area contributed by atoms with Crippen molar-refractivity contribution < 1.29 is 14.6 Å². The van der Waals surface area contributed by atoms with Crippen LogP contribution in [0.4, 0.5) is 0 Å². The maximum atomic E-state index is 9.09. The van der Waals surface area contributed by atoms with Crippen molar-refractivity contribution in [2.75, 3.05) is 33.9 Å². The molecule has 1 aromatic carbocycles. The highest BCUT2D eigenvalue weighted by Crippen LogP contribution is 2.27. The Bertz CT molecular complexity index is 370. The minimum Gasteiger partial charge on any atom is -0.493 e. The second-order valence-electron chi connectivity index (χ2n) is 4.42. The van der Waals surface area contributed by atoms with E-state index in [1.165, 1.54) is 0 Å². The van der Waals surface area contributed by atoms with Crippen LogP contribution < -0.4 is 20.1 Å². The average Bonchev–Trinajstić information content (AvgIpc) is 2.42. The number of ether oxygens (including phenoxy) is 2. The van der Waals surface area contributed by atoms with Gasteiger partial charge in [-0.3, -0.25) is 0 Å². The molecule has 0 aromatic heterocycles. The summed E-state index contributed by atoms with van der Waals surface area (Å²) in [5.74, 6) is 1.49. The lowest BCUT2D eigenvalue weighted by atomic mass is 10.2. The van der Waals surface area contributed by atoms with E-state index in [2.05, 4.69) is 10.6 Å². The van der Waals surface area contributed by atoms with Gasteiger partial charge < -0.3 is 25.2 Å². The van der Waals surface area contributed by atoms with E-state index in [4.69, 9.17) is 14.6 Å². The molecular formula is C14H24N2O3. The maximum Gasteiger partial charge on any atom is 0.161 e. The van der Waals surface area contributed by atoms with E-state index in [1.54, 1.807) is 21.1 Å². The first-order valence-corrected chi connectivity index (χ1v) is 6.47.